The van der Waals surface area contributed by atoms with Gasteiger partial charge in [-0.25, -0.2) is 0 Å². The molecule has 1 aliphatic rings. The largest absolute Gasteiger partial charge is 0.508 e. The zero-order chi connectivity index (χ0) is 12.1. The number of nitriles is 1. The van der Waals surface area contributed by atoms with Gasteiger partial charge in [0.1, 0.15) is 5.75 Å². The van der Waals surface area contributed by atoms with Crippen LogP contribution in [0.2, 0.25) is 0 Å². The molecule has 0 amide bonds. The maximum absolute atomic E-state index is 9.39. The summed E-state index contributed by atoms with van der Waals surface area (Å²) in [5.41, 5.74) is 2.94. The van der Waals surface area contributed by atoms with E-state index in [9.17, 15) is 5.11 Å². The lowest BCUT2D eigenvalue weighted by atomic mass is 10.0. The highest BCUT2D eigenvalue weighted by Gasteiger charge is 2.01. The van der Waals surface area contributed by atoms with Crippen molar-refractivity contribution >= 4 is 0 Å². The van der Waals surface area contributed by atoms with Gasteiger partial charge in [0, 0.05) is 5.57 Å². The van der Waals surface area contributed by atoms with Crippen LogP contribution < -0.4 is 0 Å². The molecule has 0 fully saturated rings. The average molecular weight is 223 g/mol. The number of nitrogens with zero attached hydrogens (tertiary/aromatic N) is 1. The molecule has 1 aromatic rings. The summed E-state index contributed by atoms with van der Waals surface area (Å²) >= 11 is 0. The monoisotopic (exact) mass is 223 g/mol. The highest BCUT2D eigenvalue weighted by atomic mass is 16.3. The molecular weight excluding hydrogens is 210 g/mol. The van der Waals surface area contributed by atoms with Crippen molar-refractivity contribution in [2.24, 2.45) is 0 Å². The minimum atomic E-state index is 0.288. The van der Waals surface area contributed by atoms with Crippen LogP contribution in [0, 0.1) is 11.3 Å². The van der Waals surface area contributed by atoms with E-state index in [2.05, 4.69) is 12.1 Å². The molecule has 0 saturated heterocycles. The number of phenolic OH excluding ortho intramolecular Hbond substituents is 1. The summed E-state index contributed by atoms with van der Waals surface area (Å²) in [6.45, 7) is 0. The minimum absolute atomic E-state index is 0.288. The van der Waals surface area contributed by atoms with Crippen LogP contribution in [0.25, 0.3) is 0 Å². The van der Waals surface area contributed by atoms with Crippen LogP contribution in [0.3, 0.4) is 0 Å². The van der Waals surface area contributed by atoms with E-state index >= 15 is 0 Å². The van der Waals surface area contributed by atoms with Crippen LogP contribution in [-0.2, 0) is 6.42 Å². The number of benzene rings is 1. The third-order valence-corrected chi connectivity index (χ3v) is 2.64. The van der Waals surface area contributed by atoms with Crippen molar-refractivity contribution in [3.05, 3.63) is 65.3 Å². The lowest BCUT2D eigenvalue weighted by molar-refractivity contribution is 0.474. The molecule has 1 aromatic carbocycles. The topological polar surface area (TPSA) is 44.0 Å². The number of phenols is 1. The molecule has 0 unspecified atom stereocenters. The van der Waals surface area contributed by atoms with E-state index in [4.69, 9.17) is 5.26 Å². The predicted octanol–water partition coefficient (Wildman–Crippen LogP) is 3.27. The quantitative estimate of drug-likeness (QED) is 0.836. The van der Waals surface area contributed by atoms with Gasteiger partial charge in [-0.05, 0) is 42.2 Å². The Morgan fingerprint density at radius 2 is 2.12 bits per heavy atom. The van der Waals surface area contributed by atoms with Gasteiger partial charge in [-0.3, -0.25) is 0 Å². The second-order valence-corrected chi connectivity index (χ2v) is 3.97. The lowest BCUT2D eigenvalue weighted by Gasteiger charge is -2.02. The van der Waals surface area contributed by atoms with Crippen molar-refractivity contribution in [1.82, 2.24) is 0 Å². The number of rotatable bonds is 2. The zero-order valence-electron chi connectivity index (χ0n) is 9.43. The fourth-order valence-electron chi connectivity index (χ4n) is 1.79. The third-order valence-electron chi connectivity index (χ3n) is 2.64. The van der Waals surface area contributed by atoms with Gasteiger partial charge < -0.3 is 5.11 Å². The molecule has 0 spiro atoms. The smallest absolute Gasteiger partial charge is 0.115 e. The summed E-state index contributed by atoms with van der Waals surface area (Å²) in [4.78, 5) is 0. The zero-order valence-corrected chi connectivity index (χ0v) is 9.43. The number of hydrogen-bond acceptors (Lipinski definition) is 2. The first-order valence-corrected chi connectivity index (χ1v) is 5.53. The fraction of sp³-hybridized carbons (Fsp3) is 0.133. The molecule has 2 nitrogen and oxygen atoms in total. The Kier molecular flexibility index (Phi) is 3.42. The van der Waals surface area contributed by atoms with E-state index < -0.39 is 0 Å². The molecular formula is C15H13NO. The fourth-order valence-corrected chi connectivity index (χ4v) is 1.79. The number of hydrogen-bond donors (Lipinski definition) is 1. The van der Waals surface area contributed by atoms with Gasteiger partial charge in [0.2, 0.25) is 0 Å². The molecule has 84 valence electrons. The molecule has 2 rings (SSSR count). The van der Waals surface area contributed by atoms with Crippen molar-refractivity contribution in [3.8, 4) is 11.8 Å². The van der Waals surface area contributed by atoms with Crippen LogP contribution in [0.4, 0.5) is 0 Å². The Labute approximate surface area is 101 Å². The molecule has 0 atom stereocenters. The van der Waals surface area contributed by atoms with Crippen molar-refractivity contribution in [2.75, 3.05) is 0 Å². The molecule has 17 heavy (non-hydrogen) atoms. The maximum atomic E-state index is 9.39. The average Bonchev–Trinajstić information content (AvgIpc) is 2.54. The molecule has 0 saturated carbocycles. The Morgan fingerprint density at radius 3 is 2.88 bits per heavy atom. The Hall–Kier alpha value is -2.27. The molecule has 0 bridgehead atoms. The number of allylic oxidation sites excluding steroid dienone is 6. The van der Waals surface area contributed by atoms with Crippen LogP contribution in [-0.4, -0.2) is 5.11 Å². The summed E-state index contributed by atoms with van der Waals surface area (Å²) in [7, 11) is 0. The SMILES string of the molecule is N#CC1=CCC=C(Cc2cccc(O)c2)C=C1. The van der Waals surface area contributed by atoms with Gasteiger partial charge in [0.05, 0.1) is 6.07 Å². The minimum Gasteiger partial charge on any atom is -0.508 e. The van der Waals surface area contributed by atoms with Crippen molar-refractivity contribution < 1.29 is 5.11 Å². The van der Waals surface area contributed by atoms with E-state index in [1.165, 1.54) is 0 Å². The highest BCUT2D eigenvalue weighted by Crippen LogP contribution is 2.18. The Morgan fingerprint density at radius 1 is 1.24 bits per heavy atom. The van der Waals surface area contributed by atoms with Gasteiger partial charge in [-0.1, -0.05) is 30.4 Å². The van der Waals surface area contributed by atoms with Crippen LogP contribution >= 0.6 is 0 Å². The van der Waals surface area contributed by atoms with E-state index in [0.29, 0.717) is 5.57 Å². The Balaban J connectivity index is 2.12. The van der Waals surface area contributed by atoms with Gasteiger partial charge >= 0.3 is 0 Å². The molecule has 0 heterocycles. The summed E-state index contributed by atoms with van der Waals surface area (Å²) in [6.07, 6.45) is 9.37. The van der Waals surface area contributed by atoms with Crippen molar-refractivity contribution in [2.45, 2.75) is 12.8 Å². The third kappa shape index (κ3) is 3.09. The van der Waals surface area contributed by atoms with Gasteiger partial charge in [0.25, 0.3) is 0 Å². The van der Waals surface area contributed by atoms with Crippen LogP contribution in [0.15, 0.2) is 59.7 Å². The highest BCUT2D eigenvalue weighted by molar-refractivity contribution is 5.42. The predicted molar refractivity (Wildman–Crippen MR) is 67.3 cm³/mol. The van der Waals surface area contributed by atoms with Crippen LogP contribution in [0.1, 0.15) is 12.0 Å². The molecule has 1 N–H and O–H groups in total. The van der Waals surface area contributed by atoms with Crippen molar-refractivity contribution in [3.63, 3.8) is 0 Å². The molecule has 0 aromatic heterocycles. The summed E-state index contributed by atoms with van der Waals surface area (Å²) in [5, 5.41) is 18.2. The maximum Gasteiger partial charge on any atom is 0.115 e. The molecule has 2 heteroatoms. The van der Waals surface area contributed by atoms with Crippen molar-refractivity contribution in [1.29, 1.82) is 5.26 Å². The molecule has 0 radical (unpaired) electrons. The first-order chi connectivity index (χ1) is 8.28. The molecule has 0 aliphatic heterocycles. The van der Waals surface area contributed by atoms with E-state index in [0.717, 1.165) is 24.0 Å². The van der Waals surface area contributed by atoms with E-state index in [1.54, 1.807) is 12.1 Å². The first-order valence-electron chi connectivity index (χ1n) is 5.53. The normalized spacial score (nSPS) is 14.5. The lowest BCUT2D eigenvalue weighted by Crippen LogP contribution is -1.87. The summed E-state index contributed by atoms with van der Waals surface area (Å²) < 4.78 is 0. The summed E-state index contributed by atoms with van der Waals surface area (Å²) in [5.74, 6) is 0.288. The van der Waals surface area contributed by atoms with E-state index in [-0.39, 0.29) is 5.75 Å². The van der Waals surface area contributed by atoms with Gasteiger partial charge in [-0.15, -0.1) is 0 Å². The first kappa shape index (κ1) is 11.2. The Bertz CT molecular complexity index is 544. The number of aromatic hydroxyl groups is 1. The van der Waals surface area contributed by atoms with E-state index in [1.807, 2.05) is 30.4 Å². The standard InChI is InChI=1S/C15H13NO/c16-11-13-4-1-3-12(7-8-13)9-14-5-2-6-15(17)10-14/h2-8,10,17H,1,9H2. The second kappa shape index (κ2) is 5.18. The van der Waals surface area contributed by atoms with Gasteiger partial charge in [-0.2, -0.15) is 5.26 Å². The summed E-state index contributed by atoms with van der Waals surface area (Å²) in [6, 6.07) is 9.39. The van der Waals surface area contributed by atoms with Crippen LogP contribution in [0.5, 0.6) is 5.75 Å². The second-order valence-electron chi connectivity index (χ2n) is 3.97. The van der Waals surface area contributed by atoms with Gasteiger partial charge in [0.15, 0.2) is 0 Å². The molecule has 1 aliphatic carbocycles.